The van der Waals surface area contributed by atoms with Gasteiger partial charge in [-0.15, -0.1) is 0 Å². The zero-order valence-electron chi connectivity index (χ0n) is 21.7. The van der Waals surface area contributed by atoms with Gasteiger partial charge in [0.15, 0.2) is 0 Å². The molecule has 0 bridgehead atoms. The molecule has 0 unspecified atom stereocenters. The van der Waals surface area contributed by atoms with Crippen LogP contribution in [-0.4, -0.2) is 43.8 Å². The number of rotatable bonds is 10. The normalized spacial score (nSPS) is 12.2. The lowest BCUT2D eigenvalue weighted by Crippen LogP contribution is -2.52. The molecule has 0 aliphatic carbocycles. The van der Waals surface area contributed by atoms with Crippen LogP contribution in [0.3, 0.4) is 0 Å². The number of aryl methyl sites for hydroxylation is 1. The van der Waals surface area contributed by atoms with Gasteiger partial charge in [0, 0.05) is 17.1 Å². The molecule has 3 aromatic rings. The highest BCUT2D eigenvalue weighted by molar-refractivity contribution is 9.10. The summed E-state index contributed by atoms with van der Waals surface area (Å²) in [6.45, 7) is 6.49. The van der Waals surface area contributed by atoms with E-state index in [2.05, 4.69) is 21.2 Å². The Morgan fingerprint density at radius 3 is 2.05 bits per heavy atom. The van der Waals surface area contributed by atoms with Crippen molar-refractivity contribution in [2.45, 2.75) is 51.2 Å². The van der Waals surface area contributed by atoms with Crippen molar-refractivity contribution in [3.8, 4) is 0 Å². The highest BCUT2D eigenvalue weighted by atomic mass is 79.9. The summed E-state index contributed by atoms with van der Waals surface area (Å²) in [5.41, 5.74) is 1.79. The van der Waals surface area contributed by atoms with Crippen molar-refractivity contribution < 1.29 is 22.4 Å². The molecule has 0 aromatic heterocycles. The largest absolute Gasteiger partial charge is 0.352 e. The molecule has 0 aliphatic heterocycles. The highest BCUT2D eigenvalue weighted by Crippen LogP contribution is 2.26. The standard InChI is InChI=1S/C28H31BrFN3O4S/c1-19(2)31-28(35)21(4)32(17-22-7-11-24(30)12-8-22)27(34)18-33(25-13-9-23(29)10-14-25)38(36,37)26-15-5-20(3)6-16-26/h5-16,19,21H,17-18H2,1-4H3,(H,31,35)/t21-/m0/s1. The van der Waals surface area contributed by atoms with Crippen molar-refractivity contribution in [3.05, 3.63) is 94.2 Å². The van der Waals surface area contributed by atoms with Gasteiger partial charge in [0.05, 0.1) is 10.6 Å². The van der Waals surface area contributed by atoms with Crippen LogP contribution in [0.25, 0.3) is 0 Å². The molecule has 0 spiro atoms. The molecule has 0 radical (unpaired) electrons. The Hall–Kier alpha value is -3.24. The highest BCUT2D eigenvalue weighted by Gasteiger charge is 2.32. The van der Waals surface area contributed by atoms with Crippen molar-refractivity contribution in [2.24, 2.45) is 0 Å². The summed E-state index contributed by atoms with van der Waals surface area (Å²) in [7, 11) is -4.14. The molecule has 2 amide bonds. The van der Waals surface area contributed by atoms with Gasteiger partial charge in [-0.1, -0.05) is 45.8 Å². The van der Waals surface area contributed by atoms with Crippen LogP contribution in [0.1, 0.15) is 31.9 Å². The molecule has 10 heteroatoms. The molecule has 1 N–H and O–H groups in total. The maximum absolute atomic E-state index is 13.8. The average molecular weight is 605 g/mol. The molecule has 7 nitrogen and oxygen atoms in total. The summed E-state index contributed by atoms with van der Waals surface area (Å²) in [4.78, 5) is 28.0. The van der Waals surface area contributed by atoms with Gasteiger partial charge in [0.2, 0.25) is 11.8 Å². The van der Waals surface area contributed by atoms with Crippen LogP contribution < -0.4 is 9.62 Å². The fourth-order valence-electron chi connectivity index (χ4n) is 3.75. The van der Waals surface area contributed by atoms with Crippen molar-refractivity contribution in [1.82, 2.24) is 10.2 Å². The second-order valence-electron chi connectivity index (χ2n) is 9.29. The number of carbonyl (C=O) groups excluding carboxylic acids is 2. The molecule has 202 valence electrons. The molecular formula is C28H31BrFN3O4S. The fourth-order valence-corrected chi connectivity index (χ4v) is 5.43. The van der Waals surface area contributed by atoms with E-state index in [4.69, 9.17) is 0 Å². The quantitative estimate of drug-likeness (QED) is 0.352. The molecule has 0 saturated heterocycles. The molecule has 0 aliphatic rings. The number of hydrogen-bond donors (Lipinski definition) is 1. The maximum atomic E-state index is 13.8. The van der Waals surface area contributed by atoms with Gasteiger partial charge >= 0.3 is 0 Å². The molecule has 0 fully saturated rings. The van der Waals surface area contributed by atoms with Crippen molar-refractivity contribution in [3.63, 3.8) is 0 Å². The first-order chi connectivity index (χ1) is 17.9. The van der Waals surface area contributed by atoms with Gasteiger partial charge in [-0.25, -0.2) is 12.8 Å². The third-order valence-corrected chi connectivity index (χ3v) is 8.18. The van der Waals surface area contributed by atoms with E-state index >= 15 is 0 Å². The summed E-state index contributed by atoms with van der Waals surface area (Å²) >= 11 is 3.35. The number of amides is 2. The van der Waals surface area contributed by atoms with Crippen molar-refractivity contribution >= 4 is 43.5 Å². The minimum Gasteiger partial charge on any atom is -0.352 e. The van der Waals surface area contributed by atoms with Crippen LogP contribution in [0.5, 0.6) is 0 Å². The van der Waals surface area contributed by atoms with Gasteiger partial charge in [-0.3, -0.25) is 13.9 Å². The van der Waals surface area contributed by atoms with E-state index in [1.54, 1.807) is 57.2 Å². The van der Waals surface area contributed by atoms with E-state index in [1.165, 1.54) is 41.3 Å². The number of hydrogen-bond acceptors (Lipinski definition) is 4. The zero-order valence-corrected chi connectivity index (χ0v) is 24.1. The lowest BCUT2D eigenvalue weighted by atomic mass is 10.1. The number of nitrogens with zero attached hydrogens (tertiary/aromatic N) is 2. The molecule has 38 heavy (non-hydrogen) atoms. The summed E-state index contributed by atoms with van der Waals surface area (Å²) in [6.07, 6.45) is 0. The van der Waals surface area contributed by atoms with Crippen LogP contribution in [-0.2, 0) is 26.2 Å². The Morgan fingerprint density at radius 1 is 0.921 bits per heavy atom. The minimum absolute atomic E-state index is 0.00937. The lowest BCUT2D eigenvalue weighted by molar-refractivity contribution is -0.139. The Kier molecular flexibility index (Phi) is 9.67. The number of anilines is 1. The first kappa shape index (κ1) is 29.3. The van der Waals surface area contributed by atoms with Gasteiger partial charge in [0.25, 0.3) is 10.0 Å². The van der Waals surface area contributed by atoms with E-state index in [-0.39, 0.29) is 23.4 Å². The van der Waals surface area contributed by atoms with E-state index in [9.17, 15) is 22.4 Å². The predicted octanol–water partition coefficient (Wildman–Crippen LogP) is 5.03. The third-order valence-electron chi connectivity index (χ3n) is 5.87. The Balaban J connectivity index is 2.02. The predicted molar refractivity (Wildman–Crippen MR) is 150 cm³/mol. The smallest absolute Gasteiger partial charge is 0.264 e. The van der Waals surface area contributed by atoms with Crippen LogP contribution in [0.4, 0.5) is 10.1 Å². The van der Waals surface area contributed by atoms with E-state index in [1.807, 2.05) is 6.92 Å². The molecule has 0 heterocycles. The van der Waals surface area contributed by atoms with Crippen LogP contribution in [0.2, 0.25) is 0 Å². The lowest BCUT2D eigenvalue weighted by Gasteiger charge is -2.32. The van der Waals surface area contributed by atoms with E-state index in [0.29, 0.717) is 11.3 Å². The average Bonchev–Trinajstić information content (AvgIpc) is 2.87. The summed E-state index contributed by atoms with van der Waals surface area (Å²) in [6, 6.07) is 17.5. The number of nitrogens with one attached hydrogen (secondary N) is 1. The Morgan fingerprint density at radius 2 is 1.50 bits per heavy atom. The monoisotopic (exact) mass is 603 g/mol. The third kappa shape index (κ3) is 7.41. The minimum atomic E-state index is -4.14. The Bertz CT molecular complexity index is 1360. The molecule has 3 rings (SSSR count). The van der Waals surface area contributed by atoms with Crippen molar-refractivity contribution in [2.75, 3.05) is 10.8 Å². The fraction of sp³-hybridized carbons (Fsp3) is 0.286. The second-order valence-corrected chi connectivity index (χ2v) is 12.1. The number of sulfonamides is 1. The first-order valence-corrected chi connectivity index (χ1v) is 14.3. The van der Waals surface area contributed by atoms with Gasteiger partial charge in [0.1, 0.15) is 18.4 Å². The molecule has 0 saturated carbocycles. The molecule has 1 atom stereocenters. The van der Waals surface area contributed by atoms with Crippen LogP contribution >= 0.6 is 15.9 Å². The topological polar surface area (TPSA) is 86.8 Å². The number of halogens is 2. The summed E-state index contributed by atoms with van der Waals surface area (Å²) < 4.78 is 42.8. The second kappa shape index (κ2) is 12.5. The summed E-state index contributed by atoms with van der Waals surface area (Å²) in [5.74, 6) is -1.39. The SMILES string of the molecule is Cc1ccc(S(=O)(=O)N(CC(=O)N(Cc2ccc(F)cc2)[C@@H](C)C(=O)NC(C)C)c2ccc(Br)cc2)cc1. The zero-order chi connectivity index (χ0) is 28.0. The summed E-state index contributed by atoms with van der Waals surface area (Å²) in [5, 5.41) is 2.80. The van der Waals surface area contributed by atoms with Crippen LogP contribution in [0.15, 0.2) is 82.2 Å². The van der Waals surface area contributed by atoms with Gasteiger partial charge in [-0.2, -0.15) is 0 Å². The molecule has 3 aromatic carbocycles. The van der Waals surface area contributed by atoms with Gasteiger partial charge < -0.3 is 10.2 Å². The van der Waals surface area contributed by atoms with Crippen LogP contribution in [0, 0.1) is 12.7 Å². The molecular weight excluding hydrogens is 573 g/mol. The number of carbonyl (C=O) groups is 2. The van der Waals surface area contributed by atoms with Crippen molar-refractivity contribution in [1.29, 1.82) is 0 Å². The maximum Gasteiger partial charge on any atom is 0.264 e. The Labute approximate surface area is 231 Å². The van der Waals surface area contributed by atoms with E-state index < -0.39 is 34.3 Å². The van der Waals surface area contributed by atoms with E-state index in [0.717, 1.165) is 14.3 Å². The number of benzene rings is 3. The first-order valence-electron chi connectivity index (χ1n) is 12.1. The van der Waals surface area contributed by atoms with Gasteiger partial charge in [-0.05, 0) is 81.8 Å².